The molecule has 0 radical (unpaired) electrons. The Labute approximate surface area is 358 Å². The Morgan fingerprint density at radius 1 is 0.517 bits per heavy atom. The fourth-order valence-electron chi connectivity index (χ4n) is 10.9. The molecule has 0 spiro atoms. The third-order valence-corrected chi connectivity index (χ3v) is 23.4. The monoisotopic (exact) mass is 844 g/mol. The van der Waals surface area contributed by atoms with Crippen LogP contribution in [0.4, 0.5) is 0 Å². The molecule has 8 rings (SSSR count). The van der Waals surface area contributed by atoms with Gasteiger partial charge in [0.05, 0.1) is 19.1 Å². The van der Waals surface area contributed by atoms with Crippen molar-refractivity contribution in [2.24, 2.45) is 23.7 Å². The van der Waals surface area contributed by atoms with Gasteiger partial charge < -0.3 is 27.8 Å². The third kappa shape index (κ3) is 6.71. The zero-order valence-corrected chi connectivity index (χ0v) is 38.7. The third-order valence-electron chi connectivity index (χ3n) is 13.5. The number of methoxy groups -OCH3 is 4. The lowest BCUT2D eigenvalue weighted by atomic mass is 9.50. The van der Waals surface area contributed by atoms with Gasteiger partial charge in [0.2, 0.25) is 17.4 Å². The van der Waals surface area contributed by atoms with Crippen LogP contribution in [0.15, 0.2) is 145 Å². The molecule has 0 saturated heterocycles. The van der Waals surface area contributed by atoms with Gasteiger partial charge in [-0.15, -0.1) is 0 Å². The largest absolute Gasteiger partial charge is 0.403 e. The second-order valence-corrected chi connectivity index (χ2v) is 26.9. The summed E-state index contributed by atoms with van der Waals surface area (Å²) in [5.74, 6) is -6.88. The van der Waals surface area contributed by atoms with E-state index in [2.05, 4.69) is 139 Å². The van der Waals surface area contributed by atoms with Crippen LogP contribution in [-0.2, 0) is 37.4 Å². The van der Waals surface area contributed by atoms with E-state index in [-0.39, 0.29) is 34.9 Å². The van der Waals surface area contributed by atoms with Crippen LogP contribution >= 0.6 is 0 Å². The van der Waals surface area contributed by atoms with Crippen molar-refractivity contribution in [3.8, 4) is 0 Å². The van der Waals surface area contributed by atoms with Gasteiger partial charge in [0.1, 0.15) is 0 Å². The number of hydrogen-bond acceptors (Lipinski definition) is 8. The van der Waals surface area contributed by atoms with Crippen molar-refractivity contribution < 1.29 is 37.4 Å². The Morgan fingerprint density at radius 3 is 1.20 bits per heavy atom. The summed E-state index contributed by atoms with van der Waals surface area (Å²) in [7, 11) is -0.179. The van der Waals surface area contributed by atoms with Gasteiger partial charge in [-0.25, -0.2) is 0 Å². The molecule has 0 aliphatic heterocycles. The summed E-state index contributed by atoms with van der Waals surface area (Å²) in [6.45, 7) is 13.7. The summed E-state index contributed by atoms with van der Waals surface area (Å²) in [6, 6.07) is 41.8. The van der Waals surface area contributed by atoms with E-state index >= 15 is 4.79 Å². The van der Waals surface area contributed by atoms with Crippen molar-refractivity contribution in [1.82, 2.24) is 0 Å². The highest BCUT2D eigenvalue weighted by Gasteiger charge is 2.72. The lowest BCUT2D eigenvalue weighted by Crippen LogP contribution is -2.72. The van der Waals surface area contributed by atoms with Crippen molar-refractivity contribution in [2.75, 3.05) is 41.7 Å². The molecule has 4 atom stereocenters. The van der Waals surface area contributed by atoms with Gasteiger partial charge in [0.15, 0.2) is 5.78 Å². The highest BCUT2D eigenvalue weighted by atomic mass is 28.4. The van der Waals surface area contributed by atoms with Crippen LogP contribution in [0, 0.1) is 23.7 Å². The summed E-state index contributed by atoms with van der Waals surface area (Å²) >= 11 is 0. The fraction of sp³-hybridized carbons (Fsp3) is 0.400. The van der Waals surface area contributed by atoms with Crippen LogP contribution < -0.4 is 20.7 Å². The molecule has 0 amide bonds. The number of ether oxygens (including phenoxy) is 4. The van der Waals surface area contributed by atoms with E-state index in [9.17, 15) is 4.79 Å². The van der Waals surface area contributed by atoms with Gasteiger partial charge in [-0.3, -0.25) is 9.59 Å². The number of hydrogen-bond donors (Lipinski definition) is 0. The maximum Gasteiger partial charge on any atom is 0.261 e. The lowest BCUT2D eigenvalue weighted by Gasteiger charge is -2.60. The van der Waals surface area contributed by atoms with E-state index in [0.29, 0.717) is 5.57 Å². The standard InChI is InChI=1S/C50H60O8Si2/c1-47(2,3)59(37-23-15-11-16-24-37,38-25-17-12-18-26-38)57-33-35-31-41-45-43(44(35)46(52)49(41,53-7)54-8)36(32-42(51)50(45,55-9)56-10)34-58-60(48(4,5)6,39-27-19-13-20-28-39)40-29-21-14-22-30-40/h11-32,41,43-45H,33-34H2,1-10H3/t41-,43-,44+,45-/m1/s1. The van der Waals surface area contributed by atoms with E-state index in [0.717, 1.165) is 26.3 Å². The maximum atomic E-state index is 15.4. The van der Waals surface area contributed by atoms with Crippen LogP contribution in [0.1, 0.15) is 41.5 Å². The van der Waals surface area contributed by atoms with E-state index in [4.69, 9.17) is 27.8 Å². The quantitative estimate of drug-likeness (QED) is 0.0797. The SMILES string of the molecule is COC1(OC)C(=O)C=C(CO[Si](c2ccccc2)(c2ccccc2)C(C)(C)C)[C@@H]2[C@H]3C(=O)C(OC)(OC)[C@H](C=C3CO[Si](c3ccccc3)(c3ccccc3)C(C)(C)C)[C@H]21. The Bertz CT molecular complexity index is 2120. The van der Waals surface area contributed by atoms with Crippen molar-refractivity contribution in [3.63, 3.8) is 0 Å². The molecule has 0 unspecified atom stereocenters. The van der Waals surface area contributed by atoms with Gasteiger partial charge in [-0.2, -0.15) is 0 Å². The lowest BCUT2D eigenvalue weighted by molar-refractivity contribution is -0.297. The number of carbonyl (C=O) groups excluding carboxylic acids is 2. The fourth-order valence-corrected chi connectivity index (χ4v) is 20.0. The van der Waals surface area contributed by atoms with Crippen molar-refractivity contribution in [2.45, 2.75) is 63.2 Å². The number of fused-ring (bicyclic) bond motifs is 1. The summed E-state index contributed by atoms with van der Waals surface area (Å²) in [5.41, 5.74) is 1.53. The predicted molar refractivity (Wildman–Crippen MR) is 241 cm³/mol. The molecule has 8 nitrogen and oxygen atoms in total. The topological polar surface area (TPSA) is 89.5 Å². The number of rotatable bonds is 14. The van der Waals surface area contributed by atoms with Crippen LogP contribution in [0.5, 0.6) is 0 Å². The Balaban J connectivity index is 1.39. The van der Waals surface area contributed by atoms with Gasteiger partial charge in [0.25, 0.3) is 16.6 Å². The van der Waals surface area contributed by atoms with Gasteiger partial charge >= 0.3 is 0 Å². The summed E-state index contributed by atoms with van der Waals surface area (Å²) in [6.07, 6.45) is 3.66. The molecule has 1 fully saturated rings. The summed E-state index contributed by atoms with van der Waals surface area (Å²) < 4.78 is 39.6. The van der Waals surface area contributed by atoms with E-state index in [1.54, 1.807) is 6.08 Å². The Hall–Kier alpha value is -4.11. The van der Waals surface area contributed by atoms with Gasteiger partial charge in [-0.1, -0.05) is 169 Å². The number of carbonyl (C=O) groups is 2. The maximum absolute atomic E-state index is 15.4. The van der Waals surface area contributed by atoms with Crippen molar-refractivity contribution >= 4 is 48.9 Å². The minimum absolute atomic E-state index is 0.107. The average Bonchev–Trinajstić information content (AvgIpc) is 3.25. The van der Waals surface area contributed by atoms with Crippen LogP contribution in [0.25, 0.3) is 0 Å². The predicted octanol–water partition coefficient (Wildman–Crippen LogP) is 6.61. The molecule has 0 aromatic heterocycles. The Morgan fingerprint density at radius 2 is 0.867 bits per heavy atom. The van der Waals surface area contributed by atoms with Crippen molar-refractivity contribution in [3.05, 3.63) is 145 Å². The van der Waals surface area contributed by atoms with Crippen LogP contribution in [0.2, 0.25) is 10.1 Å². The normalized spacial score (nSPS) is 22.6. The van der Waals surface area contributed by atoms with E-state index in [1.165, 1.54) is 28.4 Å². The second kappa shape index (κ2) is 16.6. The zero-order chi connectivity index (χ0) is 43.1. The first kappa shape index (κ1) is 44.0. The first-order valence-electron chi connectivity index (χ1n) is 20.8. The highest BCUT2D eigenvalue weighted by molar-refractivity contribution is 7.00. The Kier molecular flexibility index (Phi) is 12.2. The van der Waals surface area contributed by atoms with Gasteiger partial charge in [0, 0.05) is 46.2 Å². The molecule has 4 aliphatic carbocycles. The average molecular weight is 845 g/mol. The minimum atomic E-state index is -3.08. The molecule has 0 N–H and O–H groups in total. The molecule has 4 aromatic rings. The first-order chi connectivity index (χ1) is 28.6. The molecule has 2 bridgehead atoms. The van der Waals surface area contributed by atoms with Crippen molar-refractivity contribution in [1.29, 1.82) is 0 Å². The summed E-state index contributed by atoms with van der Waals surface area (Å²) in [4.78, 5) is 30.0. The van der Waals surface area contributed by atoms with Gasteiger partial charge in [-0.05, 0) is 48.0 Å². The zero-order valence-electron chi connectivity index (χ0n) is 36.7. The highest BCUT2D eigenvalue weighted by Crippen LogP contribution is 2.60. The molecular formula is C50H60O8Si2. The molecule has 316 valence electrons. The van der Waals surface area contributed by atoms with Crippen LogP contribution in [-0.4, -0.2) is 81.4 Å². The van der Waals surface area contributed by atoms with Crippen LogP contribution in [0.3, 0.4) is 0 Å². The molecule has 4 aromatic carbocycles. The number of ketones is 2. The molecule has 1 saturated carbocycles. The number of benzene rings is 4. The molecule has 10 heteroatoms. The van der Waals surface area contributed by atoms with E-state index in [1.807, 2.05) is 30.3 Å². The van der Waals surface area contributed by atoms with E-state index < -0.39 is 51.9 Å². The first-order valence-corrected chi connectivity index (χ1v) is 24.7. The molecule has 60 heavy (non-hydrogen) atoms. The number of Topliss-reactive ketones (excluding diaryl/α,β-unsaturated/α-hetero) is 1. The smallest absolute Gasteiger partial charge is 0.261 e. The second-order valence-electron chi connectivity index (χ2n) is 18.3. The molecular weight excluding hydrogens is 785 g/mol. The minimum Gasteiger partial charge on any atom is -0.403 e. The summed E-state index contributed by atoms with van der Waals surface area (Å²) in [5, 5.41) is 3.88. The molecule has 0 heterocycles. The molecule has 4 aliphatic rings.